The normalized spacial score (nSPS) is 18.9. The van der Waals surface area contributed by atoms with Gasteiger partial charge in [-0.2, -0.15) is 0 Å². The van der Waals surface area contributed by atoms with Crippen molar-refractivity contribution < 1.29 is 4.79 Å². The predicted molar refractivity (Wildman–Crippen MR) is 57.7 cm³/mol. The van der Waals surface area contributed by atoms with Crippen LogP contribution >= 0.6 is 0 Å². The molecule has 3 N–H and O–H groups in total. The summed E-state index contributed by atoms with van der Waals surface area (Å²) in [6, 6.07) is -0.0729. The van der Waals surface area contributed by atoms with E-state index in [1.165, 1.54) is 0 Å². The average molecular weight is 196 g/mol. The molecule has 0 saturated heterocycles. The van der Waals surface area contributed by atoms with Crippen LogP contribution in [0.5, 0.6) is 0 Å². The maximum Gasteiger partial charge on any atom is 0.237 e. The minimum absolute atomic E-state index is 0.00704. The number of hydrogen-bond donors (Lipinski definition) is 2. The number of rotatable bonds is 4. The lowest BCUT2D eigenvalue weighted by molar-refractivity contribution is -0.123. The van der Waals surface area contributed by atoms with Crippen molar-refractivity contribution in [3.8, 4) is 0 Å². The maximum absolute atomic E-state index is 11.6. The van der Waals surface area contributed by atoms with Gasteiger partial charge in [-0.05, 0) is 25.2 Å². The Morgan fingerprint density at radius 1 is 1.50 bits per heavy atom. The summed E-state index contributed by atoms with van der Waals surface area (Å²) in [5, 5.41) is 2.96. The van der Waals surface area contributed by atoms with E-state index in [9.17, 15) is 4.79 Å². The maximum atomic E-state index is 11.6. The molecule has 0 aromatic heterocycles. The highest BCUT2D eigenvalue weighted by Gasteiger charge is 2.19. The highest BCUT2D eigenvalue weighted by atomic mass is 16.2. The van der Waals surface area contributed by atoms with Gasteiger partial charge < -0.3 is 11.1 Å². The van der Waals surface area contributed by atoms with Gasteiger partial charge in [0.15, 0.2) is 0 Å². The van der Waals surface area contributed by atoms with Crippen LogP contribution in [0.4, 0.5) is 0 Å². The molecule has 0 bridgehead atoms. The average Bonchev–Trinajstić information content (AvgIpc) is 2.55. The molecule has 0 aliphatic heterocycles. The molecule has 3 heteroatoms. The Balaban J connectivity index is 2.26. The van der Waals surface area contributed by atoms with Crippen LogP contribution in [-0.2, 0) is 4.79 Å². The Labute approximate surface area is 85.7 Å². The number of carbonyl (C=O) groups is 1. The molecule has 0 saturated carbocycles. The smallest absolute Gasteiger partial charge is 0.237 e. The molecule has 14 heavy (non-hydrogen) atoms. The standard InChI is InChI=1S/C11H20N2O/c1-8(2)7-10(12)11(14)13-9-5-3-4-6-9/h3-4,8-10H,5-7,12H2,1-2H3,(H,13,14)/t10-/m1/s1. The van der Waals surface area contributed by atoms with E-state index >= 15 is 0 Å². The molecule has 0 fully saturated rings. The summed E-state index contributed by atoms with van der Waals surface area (Å²) < 4.78 is 0. The molecular formula is C11H20N2O. The molecule has 0 aromatic carbocycles. The summed E-state index contributed by atoms with van der Waals surface area (Å²) in [4.78, 5) is 11.6. The van der Waals surface area contributed by atoms with E-state index in [1.807, 2.05) is 0 Å². The van der Waals surface area contributed by atoms with Crippen molar-refractivity contribution in [2.75, 3.05) is 0 Å². The third kappa shape index (κ3) is 3.50. The second-order valence-electron chi connectivity index (χ2n) is 4.38. The van der Waals surface area contributed by atoms with Crippen molar-refractivity contribution in [1.29, 1.82) is 0 Å². The van der Waals surface area contributed by atoms with Crippen molar-refractivity contribution in [3.63, 3.8) is 0 Å². The molecule has 1 aliphatic rings. The molecule has 1 atom stereocenters. The zero-order valence-corrected chi connectivity index (χ0v) is 8.99. The Hall–Kier alpha value is -0.830. The van der Waals surface area contributed by atoms with Gasteiger partial charge in [-0.1, -0.05) is 26.0 Å². The van der Waals surface area contributed by atoms with Crippen LogP contribution in [0.2, 0.25) is 0 Å². The lowest BCUT2D eigenvalue weighted by Gasteiger charge is -2.17. The highest BCUT2D eigenvalue weighted by molar-refractivity contribution is 5.81. The van der Waals surface area contributed by atoms with Crippen molar-refractivity contribution >= 4 is 5.91 Å². The fourth-order valence-corrected chi connectivity index (χ4v) is 1.66. The van der Waals surface area contributed by atoms with Crippen molar-refractivity contribution in [3.05, 3.63) is 12.2 Å². The van der Waals surface area contributed by atoms with Crippen LogP contribution in [0.1, 0.15) is 33.1 Å². The molecule has 1 rings (SSSR count). The first-order valence-corrected chi connectivity index (χ1v) is 5.30. The van der Waals surface area contributed by atoms with Crippen molar-refractivity contribution in [2.45, 2.75) is 45.2 Å². The van der Waals surface area contributed by atoms with Crippen LogP contribution < -0.4 is 11.1 Å². The van der Waals surface area contributed by atoms with Gasteiger partial charge in [0.1, 0.15) is 0 Å². The Morgan fingerprint density at radius 3 is 2.57 bits per heavy atom. The van der Waals surface area contributed by atoms with Crippen LogP contribution in [0.3, 0.4) is 0 Å². The van der Waals surface area contributed by atoms with Gasteiger partial charge in [-0.25, -0.2) is 0 Å². The zero-order valence-electron chi connectivity index (χ0n) is 8.99. The van der Waals surface area contributed by atoms with E-state index in [0.717, 1.165) is 19.3 Å². The number of hydrogen-bond acceptors (Lipinski definition) is 2. The summed E-state index contributed by atoms with van der Waals surface area (Å²) in [5.41, 5.74) is 5.76. The fourth-order valence-electron chi connectivity index (χ4n) is 1.66. The van der Waals surface area contributed by atoms with Crippen LogP contribution in [0.15, 0.2) is 12.2 Å². The summed E-state index contributed by atoms with van der Waals surface area (Å²) >= 11 is 0. The third-order valence-corrected chi connectivity index (χ3v) is 2.42. The lowest BCUT2D eigenvalue weighted by Crippen LogP contribution is -2.45. The van der Waals surface area contributed by atoms with E-state index < -0.39 is 0 Å². The zero-order chi connectivity index (χ0) is 10.6. The molecule has 1 amide bonds. The van der Waals surface area contributed by atoms with E-state index in [4.69, 9.17) is 5.73 Å². The van der Waals surface area contributed by atoms with Crippen molar-refractivity contribution in [1.82, 2.24) is 5.32 Å². The summed E-state index contributed by atoms with van der Waals surface area (Å²) in [7, 11) is 0. The first-order valence-electron chi connectivity index (χ1n) is 5.30. The molecule has 0 aromatic rings. The number of nitrogens with two attached hydrogens (primary N) is 1. The summed E-state index contributed by atoms with van der Waals surface area (Å²) in [6.45, 7) is 4.15. The first kappa shape index (κ1) is 11.2. The molecule has 1 aliphatic carbocycles. The summed E-state index contributed by atoms with van der Waals surface area (Å²) in [6.07, 6.45) is 6.84. The quantitative estimate of drug-likeness (QED) is 0.664. The summed E-state index contributed by atoms with van der Waals surface area (Å²) in [5.74, 6) is 0.463. The SMILES string of the molecule is CC(C)C[C@@H](N)C(=O)NC1CC=CC1. The lowest BCUT2D eigenvalue weighted by atomic mass is 10.0. The largest absolute Gasteiger partial charge is 0.351 e. The molecule has 0 spiro atoms. The van der Waals surface area contributed by atoms with Gasteiger partial charge in [0.25, 0.3) is 0 Å². The van der Waals surface area contributed by atoms with Gasteiger partial charge in [0.2, 0.25) is 5.91 Å². The second-order valence-corrected chi connectivity index (χ2v) is 4.38. The molecule has 80 valence electrons. The van der Waals surface area contributed by atoms with Gasteiger partial charge in [0.05, 0.1) is 6.04 Å². The van der Waals surface area contributed by atoms with Crippen LogP contribution in [0, 0.1) is 5.92 Å². The Kier molecular flexibility index (Phi) is 4.14. The van der Waals surface area contributed by atoms with E-state index in [-0.39, 0.29) is 18.0 Å². The minimum Gasteiger partial charge on any atom is -0.351 e. The molecular weight excluding hydrogens is 176 g/mol. The molecule has 0 radical (unpaired) electrons. The van der Waals surface area contributed by atoms with Crippen LogP contribution in [0.25, 0.3) is 0 Å². The monoisotopic (exact) mass is 196 g/mol. The molecule has 0 unspecified atom stereocenters. The number of carbonyl (C=O) groups excluding carboxylic acids is 1. The van der Waals surface area contributed by atoms with E-state index in [2.05, 4.69) is 31.3 Å². The number of nitrogens with one attached hydrogen (secondary N) is 1. The third-order valence-electron chi connectivity index (χ3n) is 2.42. The minimum atomic E-state index is -0.351. The number of amides is 1. The van der Waals surface area contributed by atoms with E-state index in [1.54, 1.807) is 0 Å². The van der Waals surface area contributed by atoms with Crippen molar-refractivity contribution in [2.24, 2.45) is 11.7 Å². The van der Waals surface area contributed by atoms with Gasteiger partial charge in [-0.3, -0.25) is 4.79 Å². The van der Waals surface area contributed by atoms with E-state index in [0.29, 0.717) is 5.92 Å². The molecule has 3 nitrogen and oxygen atoms in total. The highest BCUT2D eigenvalue weighted by Crippen LogP contribution is 2.10. The van der Waals surface area contributed by atoms with Gasteiger partial charge in [-0.15, -0.1) is 0 Å². The van der Waals surface area contributed by atoms with Gasteiger partial charge in [0, 0.05) is 6.04 Å². The van der Waals surface area contributed by atoms with Gasteiger partial charge >= 0.3 is 0 Å². The second kappa shape index (κ2) is 5.15. The predicted octanol–water partition coefficient (Wildman–Crippen LogP) is 1.19. The molecule has 0 heterocycles. The first-order chi connectivity index (χ1) is 6.59. The van der Waals surface area contributed by atoms with Crippen LogP contribution in [-0.4, -0.2) is 18.0 Å². The fraction of sp³-hybridized carbons (Fsp3) is 0.727. The Bertz CT molecular complexity index is 215. The Morgan fingerprint density at radius 2 is 2.07 bits per heavy atom. The topological polar surface area (TPSA) is 55.1 Å².